The van der Waals surface area contributed by atoms with Crippen molar-refractivity contribution in [2.75, 3.05) is 24.2 Å². The van der Waals surface area contributed by atoms with Crippen molar-refractivity contribution in [3.63, 3.8) is 0 Å². The summed E-state index contributed by atoms with van der Waals surface area (Å²) in [6, 6.07) is 0. The van der Waals surface area contributed by atoms with E-state index in [4.69, 9.17) is 0 Å². The molecule has 2 aromatic rings. The molecule has 0 fully saturated rings. The first-order chi connectivity index (χ1) is 8.69. The van der Waals surface area contributed by atoms with Crippen molar-refractivity contribution in [2.45, 2.75) is 20.4 Å². The fraction of sp³-hybridized carbons (Fsp3) is 0.417. The van der Waals surface area contributed by atoms with Gasteiger partial charge >= 0.3 is 0 Å². The van der Waals surface area contributed by atoms with E-state index in [-0.39, 0.29) is 0 Å². The highest BCUT2D eigenvalue weighted by Crippen LogP contribution is 2.11. The van der Waals surface area contributed by atoms with Crippen molar-refractivity contribution in [1.82, 2.24) is 19.7 Å². The van der Waals surface area contributed by atoms with E-state index in [0.29, 0.717) is 5.95 Å². The zero-order valence-corrected chi connectivity index (χ0v) is 10.9. The van der Waals surface area contributed by atoms with Crippen LogP contribution in [0.2, 0.25) is 0 Å². The van der Waals surface area contributed by atoms with Crippen molar-refractivity contribution in [3.8, 4) is 0 Å². The number of aryl methyl sites for hydroxylation is 2. The summed E-state index contributed by atoms with van der Waals surface area (Å²) in [6.45, 7) is 5.61. The van der Waals surface area contributed by atoms with Crippen molar-refractivity contribution < 1.29 is 0 Å². The molecule has 0 radical (unpaired) electrons. The van der Waals surface area contributed by atoms with Crippen LogP contribution in [-0.2, 0) is 6.54 Å². The largest absolute Gasteiger partial charge is 0.368 e. The van der Waals surface area contributed by atoms with Crippen LogP contribution in [0, 0.1) is 13.8 Å². The third-order valence-corrected chi connectivity index (χ3v) is 2.59. The number of hydrogen-bond donors (Lipinski definition) is 2. The SMILES string of the molecule is CNc1ncc(C)c(NCCn2cc(C)cn2)n1. The van der Waals surface area contributed by atoms with Crippen LogP contribution in [0.4, 0.5) is 11.8 Å². The summed E-state index contributed by atoms with van der Waals surface area (Å²) >= 11 is 0. The molecular formula is C12H18N6. The van der Waals surface area contributed by atoms with Crippen LogP contribution in [0.1, 0.15) is 11.1 Å². The number of rotatable bonds is 5. The Morgan fingerprint density at radius 2 is 2.11 bits per heavy atom. The van der Waals surface area contributed by atoms with Gasteiger partial charge in [0.1, 0.15) is 5.82 Å². The molecule has 0 aliphatic rings. The van der Waals surface area contributed by atoms with Gasteiger partial charge in [0.15, 0.2) is 0 Å². The maximum atomic E-state index is 4.36. The van der Waals surface area contributed by atoms with E-state index in [1.54, 1.807) is 13.2 Å². The summed E-state index contributed by atoms with van der Waals surface area (Å²) in [7, 11) is 1.81. The van der Waals surface area contributed by atoms with E-state index in [1.807, 2.05) is 30.9 Å². The van der Waals surface area contributed by atoms with Crippen LogP contribution >= 0.6 is 0 Å². The Balaban J connectivity index is 1.93. The normalized spacial score (nSPS) is 10.4. The molecular weight excluding hydrogens is 228 g/mol. The highest BCUT2D eigenvalue weighted by molar-refractivity contribution is 5.46. The van der Waals surface area contributed by atoms with Gasteiger partial charge in [-0.05, 0) is 19.4 Å². The van der Waals surface area contributed by atoms with E-state index in [0.717, 1.165) is 24.5 Å². The van der Waals surface area contributed by atoms with E-state index in [1.165, 1.54) is 5.56 Å². The molecule has 0 amide bonds. The summed E-state index contributed by atoms with van der Waals surface area (Å²) in [5.41, 5.74) is 2.20. The summed E-state index contributed by atoms with van der Waals surface area (Å²) in [4.78, 5) is 8.51. The second kappa shape index (κ2) is 5.48. The maximum absolute atomic E-state index is 4.36. The Hall–Kier alpha value is -2.11. The van der Waals surface area contributed by atoms with Gasteiger partial charge in [-0.1, -0.05) is 0 Å². The molecule has 2 N–H and O–H groups in total. The van der Waals surface area contributed by atoms with Crippen LogP contribution in [0.15, 0.2) is 18.6 Å². The number of hydrogen-bond acceptors (Lipinski definition) is 5. The van der Waals surface area contributed by atoms with Crippen LogP contribution in [0.25, 0.3) is 0 Å². The molecule has 0 aliphatic carbocycles. The van der Waals surface area contributed by atoms with Gasteiger partial charge in [-0.2, -0.15) is 10.1 Å². The first-order valence-corrected chi connectivity index (χ1v) is 5.93. The molecule has 0 aromatic carbocycles. The number of nitrogens with zero attached hydrogens (tertiary/aromatic N) is 4. The Bertz CT molecular complexity index is 519. The van der Waals surface area contributed by atoms with Gasteiger partial charge in [0.05, 0.1) is 12.7 Å². The number of aromatic nitrogens is 4. The third-order valence-electron chi connectivity index (χ3n) is 2.59. The first kappa shape index (κ1) is 12.3. The summed E-state index contributed by atoms with van der Waals surface area (Å²) < 4.78 is 1.91. The monoisotopic (exact) mass is 246 g/mol. The van der Waals surface area contributed by atoms with Crippen LogP contribution in [0.5, 0.6) is 0 Å². The van der Waals surface area contributed by atoms with Crippen LogP contribution in [0.3, 0.4) is 0 Å². The predicted octanol–water partition coefficient (Wildman–Crippen LogP) is 1.44. The van der Waals surface area contributed by atoms with Gasteiger partial charge < -0.3 is 10.6 Å². The van der Waals surface area contributed by atoms with Crippen molar-refractivity contribution in [3.05, 3.63) is 29.7 Å². The molecule has 0 atom stereocenters. The minimum absolute atomic E-state index is 0.623. The van der Waals surface area contributed by atoms with E-state index in [2.05, 4.69) is 25.7 Å². The van der Waals surface area contributed by atoms with Crippen molar-refractivity contribution in [2.24, 2.45) is 0 Å². The topological polar surface area (TPSA) is 67.7 Å². The molecule has 2 aromatic heterocycles. The Morgan fingerprint density at radius 3 is 2.78 bits per heavy atom. The molecule has 0 unspecified atom stereocenters. The summed E-state index contributed by atoms with van der Waals surface area (Å²) in [5.74, 6) is 1.48. The maximum Gasteiger partial charge on any atom is 0.224 e. The molecule has 0 aliphatic heterocycles. The summed E-state index contributed by atoms with van der Waals surface area (Å²) in [5, 5.41) is 10.5. The van der Waals surface area contributed by atoms with Gasteiger partial charge in [-0.3, -0.25) is 4.68 Å². The lowest BCUT2D eigenvalue weighted by Gasteiger charge is -2.09. The second-order valence-corrected chi connectivity index (χ2v) is 4.18. The molecule has 0 saturated heterocycles. The average molecular weight is 246 g/mol. The molecule has 96 valence electrons. The van der Waals surface area contributed by atoms with Gasteiger partial charge in [-0.15, -0.1) is 0 Å². The first-order valence-electron chi connectivity index (χ1n) is 5.93. The van der Waals surface area contributed by atoms with E-state index < -0.39 is 0 Å². The van der Waals surface area contributed by atoms with Crippen molar-refractivity contribution >= 4 is 11.8 Å². The fourth-order valence-corrected chi connectivity index (χ4v) is 1.62. The zero-order valence-electron chi connectivity index (χ0n) is 10.9. The standard InChI is InChI=1S/C12H18N6/c1-9-6-16-18(8-9)5-4-14-11-10(2)7-15-12(13-3)17-11/h6-8H,4-5H2,1-3H3,(H2,13,14,15,17). The van der Waals surface area contributed by atoms with E-state index >= 15 is 0 Å². The molecule has 0 spiro atoms. The Kier molecular flexibility index (Phi) is 3.76. The van der Waals surface area contributed by atoms with Gasteiger partial charge in [0, 0.05) is 31.5 Å². The average Bonchev–Trinajstić information content (AvgIpc) is 2.77. The third kappa shape index (κ3) is 2.97. The highest BCUT2D eigenvalue weighted by atomic mass is 15.3. The molecule has 0 bridgehead atoms. The Morgan fingerprint density at radius 1 is 1.28 bits per heavy atom. The zero-order chi connectivity index (χ0) is 13.0. The smallest absolute Gasteiger partial charge is 0.224 e. The molecule has 2 heterocycles. The molecule has 6 heteroatoms. The van der Waals surface area contributed by atoms with E-state index in [9.17, 15) is 0 Å². The number of anilines is 2. The Labute approximate surface area is 106 Å². The quantitative estimate of drug-likeness (QED) is 0.835. The summed E-state index contributed by atoms with van der Waals surface area (Å²) in [6.07, 6.45) is 5.68. The molecule has 18 heavy (non-hydrogen) atoms. The molecule has 0 saturated carbocycles. The molecule has 2 rings (SSSR count). The lowest BCUT2D eigenvalue weighted by molar-refractivity contribution is 0.636. The predicted molar refractivity (Wildman–Crippen MR) is 71.8 cm³/mol. The minimum atomic E-state index is 0.623. The highest BCUT2D eigenvalue weighted by Gasteiger charge is 2.02. The second-order valence-electron chi connectivity index (χ2n) is 4.18. The number of nitrogens with one attached hydrogen (secondary N) is 2. The van der Waals surface area contributed by atoms with Gasteiger partial charge in [0.25, 0.3) is 0 Å². The molecule has 6 nitrogen and oxygen atoms in total. The van der Waals surface area contributed by atoms with Crippen molar-refractivity contribution in [1.29, 1.82) is 0 Å². The van der Waals surface area contributed by atoms with Crippen LogP contribution < -0.4 is 10.6 Å². The van der Waals surface area contributed by atoms with Gasteiger partial charge in [-0.25, -0.2) is 4.98 Å². The lowest BCUT2D eigenvalue weighted by atomic mass is 10.3. The van der Waals surface area contributed by atoms with Crippen LogP contribution in [-0.4, -0.2) is 33.3 Å². The fourth-order valence-electron chi connectivity index (χ4n) is 1.62. The lowest BCUT2D eigenvalue weighted by Crippen LogP contribution is -2.13. The minimum Gasteiger partial charge on any atom is -0.368 e. The van der Waals surface area contributed by atoms with Gasteiger partial charge in [0.2, 0.25) is 5.95 Å².